The quantitative estimate of drug-likeness (QED) is 0.718. The highest BCUT2D eigenvalue weighted by Gasteiger charge is 2.07. The Kier molecular flexibility index (Phi) is 5.86. The predicted octanol–water partition coefficient (Wildman–Crippen LogP) is 2.77. The van der Waals surface area contributed by atoms with Gasteiger partial charge >= 0.3 is 0 Å². The van der Waals surface area contributed by atoms with Gasteiger partial charge in [0.2, 0.25) is 5.91 Å². The normalized spacial score (nSPS) is 11.5. The highest BCUT2D eigenvalue weighted by atomic mass is 32.1. The number of hydrogen-bond acceptors (Lipinski definition) is 5. The number of nitrogens with zero attached hydrogens (tertiary/aromatic N) is 3. The third kappa shape index (κ3) is 4.27. The summed E-state index contributed by atoms with van der Waals surface area (Å²) in [5, 5.41) is 20.5. The van der Waals surface area contributed by atoms with Crippen LogP contribution >= 0.6 is 11.3 Å². The molecule has 0 spiro atoms. The zero-order valence-electron chi connectivity index (χ0n) is 15.6. The van der Waals surface area contributed by atoms with Crippen LogP contribution in [0.25, 0.3) is 23.6 Å². The number of rotatable bonds is 3. The molecule has 2 heterocycles. The van der Waals surface area contributed by atoms with E-state index in [1.165, 1.54) is 24.5 Å². The number of nitrogens with one attached hydrogen (secondary N) is 1. The molecular formula is C21H20N4O2S. The molecule has 1 aromatic carbocycles. The van der Waals surface area contributed by atoms with Gasteiger partial charge in [-0.05, 0) is 29.6 Å². The summed E-state index contributed by atoms with van der Waals surface area (Å²) in [4.78, 5) is 18.2. The van der Waals surface area contributed by atoms with Crippen molar-refractivity contribution in [3.63, 3.8) is 0 Å². The van der Waals surface area contributed by atoms with E-state index in [1.807, 2.05) is 41.8 Å². The van der Waals surface area contributed by atoms with Crippen LogP contribution in [0, 0.1) is 0 Å². The number of carbonyl (C=O) groups is 1. The molecule has 2 aromatic heterocycles. The third-order valence-electron chi connectivity index (χ3n) is 4.19. The lowest BCUT2D eigenvalue weighted by Crippen LogP contribution is -2.27. The number of aromatic nitrogens is 3. The molecule has 0 bridgehead atoms. The lowest BCUT2D eigenvalue weighted by molar-refractivity contribution is -0.116. The minimum atomic E-state index is -0.0525. The lowest BCUT2D eigenvalue weighted by atomic mass is 10.1. The van der Waals surface area contributed by atoms with Crippen molar-refractivity contribution < 1.29 is 9.90 Å². The molecule has 6 nitrogen and oxygen atoms in total. The van der Waals surface area contributed by atoms with Crippen LogP contribution in [0.15, 0.2) is 60.2 Å². The highest BCUT2D eigenvalue weighted by Crippen LogP contribution is 2.21. The molecule has 0 saturated carbocycles. The highest BCUT2D eigenvalue weighted by molar-refractivity contribution is 7.11. The van der Waals surface area contributed by atoms with Gasteiger partial charge in [0.05, 0.1) is 27.3 Å². The van der Waals surface area contributed by atoms with Gasteiger partial charge in [-0.1, -0.05) is 24.8 Å². The van der Waals surface area contributed by atoms with Crippen molar-refractivity contribution in [1.82, 2.24) is 15.2 Å². The second kappa shape index (κ2) is 8.49. The van der Waals surface area contributed by atoms with Crippen molar-refractivity contribution in [3.8, 4) is 11.3 Å². The Hall–Kier alpha value is -3.45. The van der Waals surface area contributed by atoms with Gasteiger partial charge in [0.1, 0.15) is 5.76 Å². The van der Waals surface area contributed by atoms with Gasteiger partial charge in [-0.2, -0.15) is 5.10 Å². The number of carbonyl (C=O) groups excluding carboxylic acids is 1. The predicted molar refractivity (Wildman–Crippen MR) is 113 cm³/mol. The molecule has 0 atom stereocenters. The summed E-state index contributed by atoms with van der Waals surface area (Å²) in [6, 6.07) is 13.0. The first-order valence-corrected chi connectivity index (χ1v) is 9.40. The lowest BCUT2D eigenvalue weighted by Gasteiger charge is -2.15. The molecule has 0 fully saturated rings. The molecule has 7 heteroatoms. The second-order valence-electron chi connectivity index (χ2n) is 6.04. The first-order chi connectivity index (χ1) is 13.5. The van der Waals surface area contributed by atoms with Crippen LogP contribution < -0.4 is 15.5 Å². The fourth-order valence-electron chi connectivity index (χ4n) is 2.52. The number of amides is 1. The van der Waals surface area contributed by atoms with Crippen LogP contribution in [-0.2, 0) is 4.79 Å². The summed E-state index contributed by atoms with van der Waals surface area (Å²) in [6.45, 7) is 5.44. The molecule has 0 saturated heterocycles. The van der Waals surface area contributed by atoms with E-state index >= 15 is 0 Å². The number of hydrogen-bond donors (Lipinski definition) is 2. The van der Waals surface area contributed by atoms with Gasteiger partial charge in [0.25, 0.3) is 0 Å². The Balaban J connectivity index is 2.12. The van der Waals surface area contributed by atoms with E-state index in [-0.39, 0.29) is 11.7 Å². The van der Waals surface area contributed by atoms with Gasteiger partial charge < -0.3 is 10.0 Å². The molecule has 0 aliphatic rings. The second-order valence-corrected chi connectivity index (χ2v) is 6.99. The van der Waals surface area contributed by atoms with Crippen LogP contribution in [0.5, 0.6) is 0 Å². The van der Waals surface area contributed by atoms with Gasteiger partial charge in [-0.15, -0.1) is 11.3 Å². The van der Waals surface area contributed by atoms with E-state index in [0.29, 0.717) is 21.1 Å². The largest absolute Gasteiger partial charge is 0.506 e. The van der Waals surface area contributed by atoms with Crippen molar-refractivity contribution in [2.75, 3.05) is 11.9 Å². The van der Waals surface area contributed by atoms with Crippen molar-refractivity contribution in [2.24, 2.45) is 0 Å². The summed E-state index contributed by atoms with van der Waals surface area (Å²) in [5.41, 5.74) is 2.31. The number of aliphatic hydroxyl groups excluding tert-OH is 1. The van der Waals surface area contributed by atoms with Gasteiger partial charge in [-0.3, -0.25) is 14.9 Å². The fourth-order valence-corrected chi connectivity index (χ4v) is 3.20. The van der Waals surface area contributed by atoms with E-state index in [2.05, 4.69) is 21.8 Å². The Bertz CT molecular complexity index is 1150. The number of H-pyrrole nitrogens is 1. The Morgan fingerprint density at radius 2 is 2.07 bits per heavy atom. The third-order valence-corrected chi connectivity index (χ3v) is 5.06. The molecule has 3 aromatic rings. The number of aliphatic hydroxyl groups is 1. The van der Waals surface area contributed by atoms with E-state index in [1.54, 1.807) is 24.2 Å². The number of benzene rings is 1. The molecule has 3 rings (SSSR count). The van der Waals surface area contributed by atoms with E-state index < -0.39 is 0 Å². The maximum atomic E-state index is 11.6. The zero-order valence-corrected chi connectivity index (χ0v) is 16.4. The van der Waals surface area contributed by atoms with Crippen LogP contribution in [0.2, 0.25) is 0 Å². The molecule has 28 heavy (non-hydrogen) atoms. The van der Waals surface area contributed by atoms with Gasteiger partial charge in [0.15, 0.2) is 0 Å². The van der Waals surface area contributed by atoms with Crippen molar-refractivity contribution in [2.45, 2.75) is 6.92 Å². The van der Waals surface area contributed by atoms with Crippen LogP contribution in [-0.4, -0.2) is 33.2 Å². The Morgan fingerprint density at radius 1 is 1.25 bits per heavy atom. The number of thiophene rings is 1. The minimum absolute atomic E-state index is 0.0525. The summed E-state index contributed by atoms with van der Waals surface area (Å²) in [7, 11) is 1.72. The number of aromatic amines is 1. The Morgan fingerprint density at radius 3 is 2.79 bits per heavy atom. The first-order valence-electron chi connectivity index (χ1n) is 8.52. The molecule has 142 valence electrons. The fraction of sp³-hybridized carbons (Fsp3) is 0.0952. The molecule has 2 N–H and O–H groups in total. The van der Waals surface area contributed by atoms with E-state index in [0.717, 1.165) is 11.3 Å². The van der Waals surface area contributed by atoms with Crippen molar-refractivity contribution >= 4 is 35.3 Å². The SMILES string of the molecule is C=c1nccc(-c2cccc(N(C)C(C)=O)c2)[nH]ncc1=C(O)c1cccs1. The summed E-state index contributed by atoms with van der Waals surface area (Å²) in [5.74, 6) is 0.0273. The van der Waals surface area contributed by atoms with Gasteiger partial charge in [-0.25, -0.2) is 0 Å². The van der Waals surface area contributed by atoms with E-state index in [9.17, 15) is 9.90 Å². The van der Waals surface area contributed by atoms with Crippen LogP contribution in [0.3, 0.4) is 0 Å². The molecule has 1 amide bonds. The zero-order chi connectivity index (χ0) is 20.1. The van der Waals surface area contributed by atoms with Crippen molar-refractivity contribution in [3.05, 3.63) is 75.7 Å². The van der Waals surface area contributed by atoms with E-state index in [4.69, 9.17) is 0 Å². The topological polar surface area (TPSA) is 82.1 Å². The average Bonchev–Trinajstić information content (AvgIpc) is 3.25. The molecule has 0 aliphatic heterocycles. The van der Waals surface area contributed by atoms with Crippen LogP contribution in [0.1, 0.15) is 11.8 Å². The maximum Gasteiger partial charge on any atom is 0.223 e. The average molecular weight is 392 g/mol. The Labute approximate surface area is 166 Å². The molecule has 0 aliphatic carbocycles. The maximum absolute atomic E-state index is 11.6. The molecule has 0 radical (unpaired) electrons. The number of anilines is 1. The smallest absolute Gasteiger partial charge is 0.223 e. The molecular weight excluding hydrogens is 372 g/mol. The first kappa shape index (κ1) is 19.3. The van der Waals surface area contributed by atoms with Crippen LogP contribution in [0.4, 0.5) is 5.69 Å². The minimum Gasteiger partial charge on any atom is -0.506 e. The monoisotopic (exact) mass is 392 g/mol. The molecule has 0 unspecified atom stereocenters. The van der Waals surface area contributed by atoms with Gasteiger partial charge in [0, 0.05) is 31.4 Å². The summed E-state index contributed by atoms with van der Waals surface area (Å²) in [6.07, 6.45) is 3.10. The summed E-state index contributed by atoms with van der Waals surface area (Å²) < 4.78 is 0. The summed E-state index contributed by atoms with van der Waals surface area (Å²) >= 11 is 1.42. The standard InChI is InChI=1S/C21H20N4O2S/c1-14-18(21(27)20-8-5-11-28-20)13-23-24-19(9-10-22-14)16-6-4-7-17(12-16)25(3)15(2)26/h4-13,24,27H,1H2,2-3H3. The van der Waals surface area contributed by atoms with Crippen molar-refractivity contribution in [1.29, 1.82) is 0 Å².